The molecule has 130 valence electrons. The highest BCUT2D eigenvalue weighted by Crippen LogP contribution is 2.21. The highest BCUT2D eigenvalue weighted by Gasteiger charge is 2.17. The van der Waals surface area contributed by atoms with E-state index in [4.69, 9.17) is 4.74 Å². The Morgan fingerprint density at radius 2 is 2.08 bits per heavy atom. The Hall–Kier alpha value is -3.16. The number of ether oxygens (including phenoxy) is 1. The number of rotatable bonds is 8. The number of benzene rings is 1. The monoisotopic (exact) mass is 340 g/mol. The second-order valence-corrected chi connectivity index (χ2v) is 5.53. The average molecular weight is 340 g/mol. The SMILES string of the molecule is COc1ccc(-n2nnc(C(C)=O)c2NCCCn2ccnc2)cc1. The predicted molar refractivity (Wildman–Crippen MR) is 93.2 cm³/mol. The van der Waals surface area contributed by atoms with E-state index in [-0.39, 0.29) is 5.78 Å². The van der Waals surface area contributed by atoms with Crippen LogP contribution in [0.4, 0.5) is 5.82 Å². The van der Waals surface area contributed by atoms with Crippen LogP contribution in [0.5, 0.6) is 5.75 Å². The topological polar surface area (TPSA) is 86.9 Å². The first-order valence-corrected chi connectivity index (χ1v) is 7.99. The van der Waals surface area contributed by atoms with E-state index in [1.807, 2.05) is 35.0 Å². The van der Waals surface area contributed by atoms with Crippen LogP contribution in [0.25, 0.3) is 5.69 Å². The van der Waals surface area contributed by atoms with E-state index < -0.39 is 0 Å². The third-order valence-corrected chi connectivity index (χ3v) is 3.77. The van der Waals surface area contributed by atoms with E-state index in [0.29, 0.717) is 18.1 Å². The largest absolute Gasteiger partial charge is 0.497 e. The maximum atomic E-state index is 11.8. The molecule has 8 nitrogen and oxygen atoms in total. The van der Waals surface area contributed by atoms with E-state index in [1.54, 1.807) is 24.3 Å². The molecular weight excluding hydrogens is 320 g/mol. The second-order valence-electron chi connectivity index (χ2n) is 5.53. The van der Waals surface area contributed by atoms with E-state index in [9.17, 15) is 4.79 Å². The summed E-state index contributed by atoms with van der Waals surface area (Å²) in [5.74, 6) is 1.23. The van der Waals surface area contributed by atoms with Crippen LogP contribution in [0.1, 0.15) is 23.8 Å². The lowest BCUT2D eigenvalue weighted by atomic mass is 10.2. The van der Waals surface area contributed by atoms with Gasteiger partial charge in [0.1, 0.15) is 5.75 Å². The zero-order chi connectivity index (χ0) is 17.6. The van der Waals surface area contributed by atoms with Crippen molar-refractivity contribution >= 4 is 11.6 Å². The van der Waals surface area contributed by atoms with Gasteiger partial charge in [-0.15, -0.1) is 5.10 Å². The molecule has 0 saturated carbocycles. The molecular formula is C17H20N6O2. The van der Waals surface area contributed by atoms with Gasteiger partial charge in [0.15, 0.2) is 17.3 Å². The third kappa shape index (κ3) is 3.85. The molecule has 0 bridgehead atoms. The average Bonchev–Trinajstić information content (AvgIpc) is 3.28. The molecule has 2 heterocycles. The lowest BCUT2D eigenvalue weighted by Gasteiger charge is -2.10. The van der Waals surface area contributed by atoms with Gasteiger partial charge in [0, 0.05) is 32.4 Å². The van der Waals surface area contributed by atoms with Gasteiger partial charge < -0.3 is 14.6 Å². The smallest absolute Gasteiger partial charge is 0.183 e. The summed E-state index contributed by atoms with van der Waals surface area (Å²) < 4.78 is 8.81. The van der Waals surface area contributed by atoms with E-state index >= 15 is 0 Å². The number of imidazole rings is 1. The molecule has 0 saturated heterocycles. The molecule has 0 amide bonds. The van der Waals surface area contributed by atoms with Crippen molar-refractivity contribution in [1.29, 1.82) is 0 Å². The minimum atomic E-state index is -0.128. The fourth-order valence-corrected chi connectivity index (χ4v) is 2.47. The van der Waals surface area contributed by atoms with Crippen LogP contribution in [0.15, 0.2) is 43.0 Å². The fraction of sp³-hybridized carbons (Fsp3) is 0.294. The molecule has 0 aliphatic carbocycles. The van der Waals surface area contributed by atoms with Gasteiger partial charge in [-0.25, -0.2) is 4.98 Å². The lowest BCUT2D eigenvalue weighted by Crippen LogP contribution is -2.12. The van der Waals surface area contributed by atoms with Crippen molar-refractivity contribution in [2.24, 2.45) is 0 Å². The Morgan fingerprint density at radius 3 is 2.72 bits per heavy atom. The number of ketones is 1. The van der Waals surface area contributed by atoms with Crippen molar-refractivity contribution in [3.63, 3.8) is 0 Å². The van der Waals surface area contributed by atoms with Gasteiger partial charge in [-0.2, -0.15) is 4.68 Å². The van der Waals surface area contributed by atoms with E-state index in [2.05, 4.69) is 20.6 Å². The molecule has 0 aliphatic heterocycles. The van der Waals surface area contributed by atoms with Crippen molar-refractivity contribution in [3.05, 3.63) is 48.7 Å². The summed E-state index contributed by atoms with van der Waals surface area (Å²) in [4.78, 5) is 15.9. The highest BCUT2D eigenvalue weighted by atomic mass is 16.5. The van der Waals surface area contributed by atoms with Crippen LogP contribution < -0.4 is 10.1 Å². The molecule has 8 heteroatoms. The molecule has 0 radical (unpaired) electrons. The van der Waals surface area contributed by atoms with Crippen molar-refractivity contribution in [3.8, 4) is 11.4 Å². The van der Waals surface area contributed by atoms with Crippen molar-refractivity contribution in [2.45, 2.75) is 19.9 Å². The highest BCUT2D eigenvalue weighted by molar-refractivity contribution is 5.96. The predicted octanol–water partition coefficient (Wildman–Crippen LogP) is 2.18. The van der Waals surface area contributed by atoms with Crippen LogP contribution in [0.3, 0.4) is 0 Å². The van der Waals surface area contributed by atoms with Gasteiger partial charge in [0.05, 0.1) is 19.1 Å². The molecule has 0 spiro atoms. The van der Waals surface area contributed by atoms with Crippen LogP contribution in [0.2, 0.25) is 0 Å². The number of nitrogens with one attached hydrogen (secondary N) is 1. The van der Waals surface area contributed by atoms with Crippen LogP contribution in [-0.4, -0.2) is 44.0 Å². The molecule has 25 heavy (non-hydrogen) atoms. The quantitative estimate of drug-likeness (QED) is 0.499. The van der Waals surface area contributed by atoms with E-state index in [1.165, 1.54) is 6.92 Å². The number of aromatic nitrogens is 5. The van der Waals surface area contributed by atoms with Gasteiger partial charge in [-0.05, 0) is 30.7 Å². The Labute approximate surface area is 145 Å². The zero-order valence-corrected chi connectivity index (χ0v) is 14.2. The van der Waals surface area contributed by atoms with E-state index in [0.717, 1.165) is 24.4 Å². The molecule has 3 aromatic rings. The Kier molecular flexibility index (Phi) is 5.08. The summed E-state index contributed by atoms with van der Waals surface area (Å²) in [6.07, 6.45) is 6.33. The summed E-state index contributed by atoms with van der Waals surface area (Å²) in [6.45, 7) is 3.01. The van der Waals surface area contributed by atoms with Gasteiger partial charge in [-0.1, -0.05) is 5.21 Å². The zero-order valence-electron chi connectivity index (χ0n) is 14.2. The number of anilines is 1. The van der Waals surface area contributed by atoms with Gasteiger partial charge in [-0.3, -0.25) is 4.79 Å². The minimum absolute atomic E-state index is 0.128. The Balaban J connectivity index is 1.75. The molecule has 2 aromatic heterocycles. The van der Waals surface area contributed by atoms with Crippen molar-refractivity contribution < 1.29 is 9.53 Å². The van der Waals surface area contributed by atoms with Gasteiger partial charge >= 0.3 is 0 Å². The summed E-state index contributed by atoms with van der Waals surface area (Å²) in [6, 6.07) is 7.42. The number of Topliss-reactive ketones (excluding diaryl/α,β-unsaturated/α-hetero) is 1. The maximum absolute atomic E-state index is 11.8. The number of methoxy groups -OCH3 is 1. The minimum Gasteiger partial charge on any atom is -0.497 e. The Bertz CT molecular complexity index is 823. The number of hydrogen-bond donors (Lipinski definition) is 1. The first-order chi connectivity index (χ1) is 12.2. The third-order valence-electron chi connectivity index (χ3n) is 3.77. The number of carbonyl (C=O) groups excluding carboxylic acids is 1. The van der Waals surface area contributed by atoms with Crippen molar-refractivity contribution in [2.75, 3.05) is 19.0 Å². The molecule has 0 unspecified atom stereocenters. The summed E-state index contributed by atoms with van der Waals surface area (Å²) in [5.41, 5.74) is 1.14. The maximum Gasteiger partial charge on any atom is 0.183 e. The number of carbonyl (C=O) groups is 1. The van der Waals surface area contributed by atoms with Crippen LogP contribution in [-0.2, 0) is 6.54 Å². The van der Waals surface area contributed by atoms with Crippen molar-refractivity contribution in [1.82, 2.24) is 24.5 Å². The Morgan fingerprint density at radius 1 is 1.28 bits per heavy atom. The molecule has 3 rings (SSSR count). The molecule has 1 N–H and O–H groups in total. The normalized spacial score (nSPS) is 10.6. The first kappa shape index (κ1) is 16.7. The van der Waals surface area contributed by atoms with Gasteiger partial charge in [0.25, 0.3) is 0 Å². The molecule has 1 aromatic carbocycles. The van der Waals surface area contributed by atoms with Gasteiger partial charge in [0.2, 0.25) is 0 Å². The molecule has 0 fully saturated rings. The first-order valence-electron chi connectivity index (χ1n) is 7.99. The standard InChI is InChI=1S/C17H20N6O2/c1-13(24)16-17(19-8-3-10-22-11-9-18-12-22)23(21-20-16)14-4-6-15(25-2)7-5-14/h4-7,9,11-12,19H,3,8,10H2,1-2H3. The summed E-state index contributed by atoms with van der Waals surface area (Å²) in [5, 5.41) is 11.4. The number of hydrogen-bond acceptors (Lipinski definition) is 6. The second kappa shape index (κ2) is 7.61. The molecule has 0 atom stereocenters. The summed E-state index contributed by atoms with van der Waals surface area (Å²) in [7, 11) is 1.62. The fourth-order valence-electron chi connectivity index (χ4n) is 2.47. The summed E-state index contributed by atoms with van der Waals surface area (Å²) >= 11 is 0. The number of nitrogens with zero attached hydrogens (tertiary/aromatic N) is 5. The van der Waals surface area contributed by atoms with Crippen LogP contribution in [0, 0.1) is 0 Å². The lowest BCUT2D eigenvalue weighted by molar-refractivity contribution is 0.101. The van der Waals surface area contributed by atoms with Crippen LogP contribution >= 0.6 is 0 Å². The molecule has 0 aliphatic rings. The number of aryl methyl sites for hydroxylation is 1.